The molecular weight excluding hydrogens is 323 g/mol. The second-order valence-corrected chi connectivity index (χ2v) is 5.59. The molecule has 0 saturated heterocycles. The van der Waals surface area contributed by atoms with Crippen LogP contribution in [0.1, 0.15) is 23.5 Å². The lowest BCUT2D eigenvalue weighted by molar-refractivity contribution is -0.137. The fourth-order valence-electron chi connectivity index (χ4n) is 2.49. The summed E-state index contributed by atoms with van der Waals surface area (Å²) in [5, 5.41) is 4.82. The second kappa shape index (κ2) is 6.03. The average molecular weight is 337 g/mol. The van der Waals surface area contributed by atoms with Crippen LogP contribution in [0.25, 0.3) is 0 Å². The van der Waals surface area contributed by atoms with Gasteiger partial charge in [-0.2, -0.15) is 13.2 Å². The molecule has 3 N–H and O–H groups in total. The maximum Gasteiger partial charge on any atom is 0.417 e. The van der Waals surface area contributed by atoms with Crippen molar-refractivity contribution < 1.29 is 18.0 Å². The van der Waals surface area contributed by atoms with Crippen LogP contribution in [-0.4, -0.2) is 17.1 Å². The van der Waals surface area contributed by atoms with Gasteiger partial charge in [0.05, 0.1) is 5.56 Å². The number of carbonyl (C=O) groups excluding carboxylic acids is 1. The van der Waals surface area contributed by atoms with Crippen molar-refractivity contribution in [1.82, 2.24) is 10.3 Å². The molecule has 2 amide bonds. The Morgan fingerprint density at radius 3 is 2.58 bits per heavy atom. The topological polar surface area (TPSA) is 74.0 Å². The largest absolute Gasteiger partial charge is 0.417 e. The predicted octanol–water partition coefficient (Wildman–Crippen LogP) is 3.07. The maximum atomic E-state index is 12.6. The van der Waals surface area contributed by atoms with Gasteiger partial charge in [-0.25, -0.2) is 4.79 Å². The summed E-state index contributed by atoms with van der Waals surface area (Å²) in [5.41, 5.74) is -1.20. The number of alkyl halides is 3. The molecule has 24 heavy (non-hydrogen) atoms. The van der Waals surface area contributed by atoms with Crippen LogP contribution in [-0.2, 0) is 6.18 Å². The first-order chi connectivity index (χ1) is 11.3. The molecule has 1 aliphatic carbocycles. The fourth-order valence-corrected chi connectivity index (χ4v) is 2.49. The molecule has 3 rings (SSSR count). The number of halogens is 3. The van der Waals surface area contributed by atoms with E-state index in [4.69, 9.17) is 0 Å². The van der Waals surface area contributed by atoms with Crippen molar-refractivity contribution in [2.75, 3.05) is 5.32 Å². The number of nitrogens with one attached hydrogen (secondary N) is 3. The van der Waals surface area contributed by atoms with Gasteiger partial charge in [0.1, 0.15) is 5.69 Å². The SMILES string of the molecule is O=C(Nc1cc(C(F)(F)F)c[nH]c1=O)N[C@H]1C[C@@H]1c1ccccc1. The van der Waals surface area contributed by atoms with Crippen LogP contribution >= 0.6 is 0 Å². The van der Waals surface area contributed by atoms with E-state index in [0.717, 1.165) is 12.0 Å². The summed E-state index contributed by atoms with van der Waals surface area (Å²) >= 11 is 0. The molecule has 0 unspecified atom stereocenters. The van der Waals surface area contributed by atoms with Crippen LogP contribution in [0.5, 0.6) is 0 Å². The zero-order valence-corrected chi connectivity index (χ0v) is 12.4. The van der Waals surface area contributed by atoms with Crippen molar-refractivity contribution in [3.8, 4) is 0 Å². The van der Waals surface area contributed by atoms with E-state index in [1.807, 2.05) is 35.3 Å². The van der Waals surface area contributed by atoms with Gasteiger partial charge in [-0.15, -0.1) is 0 Å². The summed E-state index contributed by atoms with van der Waals surface area (Å²) in [4.78, 5) is 25.4. The minimum atomic E-state index is -4.61. The van der Waals surface area contributed by atoms with E-state index in [-0.39, 0.29) is 12.0 Å². The third kappa shape index (κ3) is 3.58. The molecule has 1 aliphatic rings. The van der Waals surface area contributed by atoms with Crippen molar-refractivity contribution >= 4 is 11.7 Å². The van der Waals surface area contributed by atoms with E-state index in [1.165, 1.54) is 0 Å². The second-order valence-electron chi connectivity index (χ2n) is 5.59. The van der Waals surface area contributed by atoms with E-state index in [1.54, 1.807) is 0 Å². The Hall–Kier alpha value is -2.77. The van der Waals surface area contributed by atoms with Crippen molar-refractivity contribution in [3.05, 3.63) is 64.1 Å². The van der Waals surface area contributed by atoms with Gasteiger partial charge in [-0.3, -0.25) is 4.79 Å². The van der Waals surface area contributed by atoms with E-state index < -0.39 is 29.0 Å². The zero-order valence-electron chi connectivity index (χ0n) is 12.4. The Kier molecular flexibility index (Phi) is 4.04. The molecule has 126 valence electrons. The van der Waals surface area contributed by atoms with Crippen LogP contribution in [0.4, 0.5) is 23.7 Å². The van der Waals surface area contributed by atoms with Crippen molar-refractivity contribution in [1.29, 1.82) is 0 Å². The first-order valence-electron chi connectivity index (χ1n) is 7.27. The molecule has 1 aromatic heterocycles. The number of hydrogen-bond donors (Lipinski definition) is 3. The zero-order chi connectivity index (χ0) is 17.3. The third-order valence-corrected chi connectivity index (χ3v) is 3.81. The highest BCUT2D eigenvalue weighted by molar-refractivity contribution is 5.89. The molecule has 0 aliphatic heterocycles. The van der Waals surface area contributed by atoms with Crippen LogP contribution in [0.2, 0.25) is 0 Å². The maximum absolute atomic E-state index is 12.6. The van der Waals surface area contributed by atoms with Crippen molar-refractivity contribution in [2.45, 2.75) is 24.6 Å². The molecule has 2 atom stereocenters. The number of urea groups is 1. The number of hydrogen-bond acceptors (Lipinski definition) is 2. The van der Waals surface area contributed by atoms with Crippen molar-refractivity contribution in [3.63, 3.8) is 0 Å². The molecule has 1 fully saturated rings. The molecule has 1 saturated carbocycles. The molecule has 1 aromatic carbocycles. The number of aromatic nitrogens is 1. The first-order valence-corrected chi connectivity index (χ1v) is 7.27. The van der Waals surface area contributed by atoms with E-state index in [9.17, 15) is 22.8 Å². The summed E-state index contributed by atoms with van der Waals surface area (Å²) in [6, 6.07) is 9.38. The van der Waals surface area contributed by atoms with Crippen LogP contribution in [0, 0.1) is 0 Å². The number of pyridine rings is 1. The van der Waals surface area contributed by atoms with E-state index in [0.29, 0.717) is 12.3 Å². The molecular formula is C16H14F3N3O2. The number of aromatic amines is 1. The lowest BCUT2D eigenvalue weighted by Gasteiger charge is -2.10. The van der Waals surface area contributed by atoms with Gasteiger partial charge in [0.15, 0.2) is 0 Å². The quantitative estimate of drug-likeness (QED) is 0.805. The highest BCUT2D eigenvalue weighted by atomic mass is 19.4. The predicted molar refractivity (Wildman–Crippen MR) is 81.8 cm³/mol. The van der Waals surface area contributed by atoms with E-state index in [2.05, 4.69) is 10.6 Å². The molecule has 0 bridgehead atoms. The van der Waals surface area contributed by atoms with Crippen LogP contribution in [0.15, 0.2) is 47.4 Å². The summed E-state index contributed by atoms with van der Waals surface area (Å²) in [5.74, 6) is 0.178. The number of H-pyrrole nitrogens is 1. The molecule has 0 spiro atoms. The molecule has 1 heterocycles. The van der Waals surface area contributed by atoms with Gasteiger partial charge in [0.25, 0.3) is 5.56 Å². The molecule has 2 aromatic rings. The highest BCUT2D eigenvalue weighted by Gasteiger charge is 2.39. The Morgan fingerprint density at radius 2 is 1.92 bits per heavy atom. The minimum absolute atomic E-state index is 0.0997. The Morgan fingerprint density at radius 1 is 1.21 bits per heavy atom. The fraction of sp³-hybridized carbons (Fsp3) is 0.250. The number of amides is 2. The first kappa shape index (κ1) is 16.1. The summed E-state index contributed by atoms with van der Waals surface area (Å²) in [6.45, 7) is 0. The highest BCUT2D eigenvalue weighted by Crippen LogP contribution is 2.40. The van der Waals surface area contributed by atoms with Gasteiger partial charge in [0, 0.05) is 18.2 Å². The molecule has 0 radical (unpaired) electrons. The van der Waals surface area contributed by atoms with Crippen LogP contribution < -0.4 is 16.2 Å². The lowest BCUT2D eigenvalue weighted by Crippen LogP contribution is -2.33. The smallest absolute Gasteiger partial charge is 0.334 e. The minimum Gasteiger partial charge on any atom is -0.334 e. The summed E-state index contributed by atoms with van der Waals surface area (Å²) in [6.07, 6.45) is -3.29. The van der Waals surface area contributed by atoms with Gasteiger partial charge >= 0.3 is 12.2 Å². The number of anilines is 1. The molecule has 8 heteroatoms. The number of carbonyl (C=O) groups is 1. The van der Waals surface area contributed by atoms with Gasteiger partial charge in [0.2, 0.25) is 0 Å². The van der Waals surface area contributed by atoms with Gasteiger partial charge in [-0.1, -0.05) is 30.3 Å². The van der Waals surface area contributed by atoms with Gasteiger partial charge in [-0.05, 0) is 18.1 Å². The van der Waals surface area contributed by atoms with E-state index >= 15 is 0 Å². The normalized spacial score (nSPS) is 19.6. The lowest BCUT2D eigenvalue weighted by atomic mass is 10.1. The average Bonchev–Trinajstić information content (AvgIpc) is 3.28. The summed E-state index contributed by atoms with van der Waals surface area (Å²) < 4.78 is 37.9. The monoisotopic (exact) mass is 337 g/mol. The molecule has 5 nitrogen and oxygen atoms in total. The third-order valence-electron chi connectivity index (χ3n) is 3.81. The van der Waals surface area contributed by atoms with Crippen molar-refractivity contribution in [2.24, 2.45) is 0 Å². The standard InChI is InChI=1S/C16H14F3N3O2/c17-16(18,19)10-6-13(14(23)20-8-10)22-15(24)21-12-7-11(12)9-4-2-1-3-5-9/h1-6,8,11-12H,7H2,(H,20,23)(H2,21,22,24)/t11-,12+/m1/s1. The van der Waals surface area contributed by atoms with Gasteiger partial charge < -0.3 is 15.6 Å². The Bertz CT molecular complexity index is 802. The Balaban J connectivity index is 1.63. The Labute approximate surface area is 134 Å². The number of rotatable bonds is 3. The summed E-state index contributed by atoms with van der Waals surface area (Å²) in [7, 11) is 0. The number of benzene rings is 1. The van der Waals surface area contributed by atoms with Crippen LogP contribution in [0.3, 0.4) is 0 Å².